The van der Waals surface area contributed by atoms with Gasteiger partial charge >= 0.3 is 0 Å². The third-order valence-corrected chi connectivity index (χ3v) is 6.74. The summed E-state index contributed by atoms with van der Waals surface area (Å²) in [5, 5.41) is 2.11. The molecule has 0 aromatic heterocycles. The number of fused-ring (bicyclic) bond motifs is 2. The van der Waals surface area contributed by atoms with Crippen molar-refractivity contribution in [2.45, 2.75) is 50.8 Å². The lowest BCUT2D eigenvalue weighted by Crippen LogP contribution is -2.32. The van der Waals surface area contributed by atoms with E-state index in [-0.39, 0.29) is 18.4 Å². The third-order valence-electron chi connectivity index (χ3n) is 6.74. The Hall–Kier alpha value is -3.54. The zero-order valence-corrected chi connectivity index (χ0v) is 18.8. The molecule has 1 aliphatic heterocycles. The number of hydrogen-bond acceptors (Lipinski definition) is 4. The zero-order valence-electron chi connectivity index (χ0n) is 18.8. The maximum Gasteiger partial charge on any atom is 0.255 e. The van der Waals surface area contributed by atoms with Gasteiger partial charge < -0.3 is 20.1 Å². The fraction of sp³-hybridized carbons (Fsp3) is 0.333. The van der Waals surface area contributed by atoms with Crippen LogP contribution in [-0.2, 0) is 11.3 Å². The van der Waals surface area contributed by atoms with Gasteiger partial charge in [0.15, 0.2) is 11.5 Å². The van der Waals surface area contributed by atoms with Gasteiger partial charge in [0.05, 0.1) is 25.7 Å². The van der Waals surface area contributed by atoms with E-state index in [9.17, 15) is 9.59 Å². The van der Waals surface area contributed by atoms with Gasteiger partial charge in [-0.1, -0.05) is 30.3 Å². The lowest BCUT2D eigenvalue weighted by Gasteiger charge is -2.28. The highest BCUT2D eigenvalue weighted by atomic mass is 16.5. The Bertz CT molecular complexity index is 1220. The topological polar surface area (TPSA) is 81.9 Å². The second-order valence-corrected chi connectivity index (χ2v) is 8.91. The van der Waals surface area contributed by atoms with Crippen LogP contribution in [0.3, 0.4) is 0 Å². The highest BCUT2D eigenvalue weighted by Gasteiger charge is 2.35. The Labute approximate surface area is 193 Å². The lowest BCUT2D eigenvalue weighted by atomic mass is 10.0. The molecule has 2 amide bonds. The summed E-state index contributed by atoms with van der Waals surface area (Å²) in [6.45, 7) is 0.432. The quantitative estimate of drug-likeness (QED) is 0.571. The number of hydrogen-bond donors (Lipinski definition) is 1. The van der Waals surface area contributed by atoms with Crippen LogP contribution in [0.25, 0.3) is 10.8 Å². The van der Waals surface area contributed by atoms with Crippen LogP contribution in [0.2, 0.25) is 0 Å². The Balaban J connectivity index is 1.50. The third kappa shape index (κ3) is 4.13. The molecule has 170 valence electrons. The zero-order chi connectivity index (χ0) is 22.9. The SMILES string of the molecule is COc1ccc(C(CC(N)=O)N2Cc3cc4ccccc4cc3C2=O)cc1OC1CCCC1. The van der Waals surface area contributed by atoms with Crippen LogP contribution in [0.15, 0.2) is 54.6 Å². The fourth-order valence-corrected chi connectivity index (χ4v) is 5.06. The summed E-state index contributed by atoms with van der Waals surface area (Å²) >= 11 is 0. The monoisotopic (exact) mass is 444 g/mol. The standard InChI is InChI=1S/C27H28N2O4/c1-32-24-11-10-19(14-25(24)33-21-8-4-5-9-21)23(15-26(28)30)29-16-20-12-17-6-2-3-7-18(17)13-22(20)27(29)31/h2-3,6-7,10-14,21,23H,4-5,8-9,15-16H2,1H3,(H2,28,30). The molecule has 1 heterocycles. The molecule has 0 spiro atoms. The summed E-state index contributed by atoms with van der Waals surface area (Å²) < 4.78 is 11.8. The summed E-state index contributed by atoms with van der Waals surface area (Å²) in [5.74, 6) is 0.746. The minimum Gasteiger partial charge on any atom is -0.493 e. The van der Waals surface area contributed by atoms with E-state index in [1.54, 1.807) is 12.0 Å². The molecular weight excluding hydrogens is 416 g/mol. The van der Waals surface area contributed by atoms with Crippen molar-refractivity contribution in [3.63, 3.8) is 0 Å². The Morgan fingerprint density at radius 1 is 1.06 bits per heavy atom. The van der Waals surface area contributed by atoms with Crippen molar-refractivity contribution >= 4 is 22.6 Å². The van der Waals surface area contributed by atoms with Crippen molar-refractivity contribution in [1.82, 2.24) is 4.90 Å². The van der Waals surface area contributed by atoms with Crippen LogP contribution in [0.4, 0.5) is 0 Å². The second kappa shape index (κ2) is 8.77. The average Bonchev–Trinajstić information content (AvgIpc) is 3.44. The van der Waals surface area contributed by atoms with Gasteiger partial charge in [-0.05, 0) is 71.8 Å². The highest BCUT2D eigenvalue weighted by Crippen LogP contribution is 2.39. The predicted octanol–water partition coefficient (Wildman–Crippen LogP) is 4.74. The number of carbonyl (C=O) groups is 2. The number of amides is 2. The first-order valence-corrected chi connectivity index (χ1v) is 11.5. The predicted molar refractivity (Wildman–Crippen MR) is 126 cm³/mol. The van der Waals surface area contributed by atoms with Crippen molar-refractivity contribution in [3.8, 4) is 11.5 Å². The molecule has 0 radical (unpaired) electrons. The first-order chi connectivity index (χ1) is 16.0. The minimum absolute atomic E-state index is 0.0362. The first kappa shape index (κ1) is 21.3. The molecule has 2 aliphatic rings. The van der Waals surface area contributed by atoms with Crippen molar-refractivity contribution in [1.29, 1.82) is 0 Å². The molecule has 2 N–H and O–H groups in total. The van der Waals surface area contributed by atoms with Crippen LogP contribution in [-0.4, -0.2) is 29.9 Å². The molecule has 0 bridgehead atoms. The lowest BCUT2D eigenvalue weighted by molar-refractivity contribution is -0.119. The van der Waals surface area contributed by atoms with E-state index < -0.39 is 11.9 Å². The molecule has 1 atom stereocenters. The highest BCUT2D eigenvalue weighted by molar-refractivity contribution is 6.03. The number of carbonyl (C=O) groups excluding carboxylic acids is 2. The summed E-state index contributed by atoms with van der Waals surface area (Å²) in [6, 6.07) is 17.1. The molecule has 1 fully saturated rings. The van der Waals surface area contributed by atoms with Crippen molar-refractivity contribution in [2.24, 2.45) is 5.73 Å². The van der Waals surface area contributed by atoms with E-state index in [0.29, 0.717) is 23.6 Å². The van der Waals surface area contributed by atoms with Gasteiger partial charge in [-0.3, -0.25) is 9.59 Å². The number of nitrogens with zero attached hydrogens (tertiary/aromatic N) is 1. The van der Waals surface area contributed by atoms with Gasteiger partial charge in [0.2, 0.25) is 5.91 Å². The maximum absolute atomic E-state index is 13.4. The van der Waals surface area contributed by atoms with Crippen molar-refractivity contribution in [3.05, 3.63) is 71.3 Å². The smallest absolute Gasteiger partial charge is 0.255 e. The molecule has 3 aromatic carbocycles. The van der Waals surface area contributed by atoms with Crippen LogP contribution in [0.1, 0.15) is 59.6 Å². The van der Waals surface area contributed by atoms with Crippen molar-refractivity contribution in [2.75, 3.05) is 7.11 Å². The van der Waals surface area contributed by atoms with Gasteiger partial charge in [-0.2, -0.15) is 0 Å². The van der Waals surface area contributed by atoms with Crippen LogP contribution >= 0.6 is 0 Å². The number of primary amides is 1. The minimum atomic E-state index is -0.484. The average molecular weight is 445 g/mol. The summed E-state index contributed by atoms with van der Waals surface area (Å²) in [6.07, 6.45) is 4.55. The molecule has 1 aliphatic carbocycles. The largest absolute Gasteiger partial charge is 0.493 e. The molecule has 1 saturated carbocycles. The van der Waals surface area contributed by atoms with Crippen molar-refractivity contribution < 1.29 is 19.1 Å². The Kier molecular flexibility index (Phi) is 5.67. The van der Waals surface area contributed by atoms with Gasteiger partial charge in [0.1, 0.15) is 0 Å². The number of methoxy groups -OCH3 is 1. The molecule has 6 heteroatoms. The molecule has 6 nitrogen and oxygen atoms in total. The molecular formula is C27H28N2O4. The number of nitrogens with two attached hydrogens (primary N) is 1. The summed E-state index contributed by atoms with van der Waals surface area (Å²) in [4.78, 5) is 27.2. The fourth-order valence-electron chi connectivity index (χ4n) is 5.06. The molecule has 1 unspecified atom stereocenters. The second-order valence-electron chi connectivity index (χ2n) is 8.91. The van der Waals surface area contributed by atoms with Crippen LogP contribution in [0.5, 0.6) is 11.5 Å². The number of rotatable bonds is 7. The van der Waals surface area contributed by atoms with E-state index >= 15 is 0 Å². The molecule has 3 aromatic rings. The van der Waals surface area contributed by atoms with E-state index in [0.717, 1.165) is 47.6 Å². The van der Waals surface area contributed by atoms with Gasteiger partial charge in [-0.25, -0.2) is 0 Å². The van der Waals surface area contributed by atoms with E-state index in [4.69, 9.17) is 15.2 Å². The van der Waals surface area contributed by atoms with E-state index in [1.807, 2.05) is 48.5 Å². The number of benzene rings is 3. The van der Waals surface area contributed by atoms with Gasteiger partial charge in [0.25, 0.3) is 5.91 Å². The first-order valence-electron chi connectivity index (χ1n) is 11.5. The van der Waals surface area contributed by atoms with Crippen LogP contribution in [0, 0.1) is 0 Å². The molecule has 5 rings (SSSR count). The number of ether oxygens (including phenoxy) is 2. The van der Waals surface area contributed by atoms with E-state index in [1.165, 1.54) is 0 Å². The summed E-state index contributed by atoms with van der Waals surface area (Å²) in [5.41, 5.74) is 8.08. The Morgan fingerprint density at radius 2 is 1.79 bits per heavy atom. The van der Waals surface area contributed by atoms with E-state index in [2.05, 4.69) is 6.07 Å². The normalized spacial score (nSPS) is 16.8. The van der Waals surface area contributed by atoms with Crippen LogP contribution < -0.4 is 15.2 Å². The summed E-state index contributed by atoms with van der Waals surface area (Å²) in [7, 11) is 1.61. The molecule has 0 saturated heterocycles. The van der Waals surface area contributed by atoms with Gasteiger partial charge in [0, 0.05) is 12.1 Å². The molecule has 33 heavy (non-hydrogen) atoms. The Morgan fingerprint density at radius 3 is 2.48 bits per heavy atom. The van der Waals surface area contributed by atoms with Gasteiger partial charge in [-0.15, -0.1) is 0 Å². The maximum atomic E-state index is 13.4.